The van der Waals surface area contributed by atoms with Crippen molar-refractivity contribution in [2.24, 2.45) is 5.92 Å². The number of amides is 1. The summed E-state index contributed by atoms with van der Waals surface area (Å²) in [6.45, 7) is 3.12. The summed E-state index contributed by atoms with van der Waals surface area (Å²) in [5.41, 5.74) is 1.17. The van der Waals surface area contributed by atoms with Crippen LogP contribution in [0.15, 0.2) is 46.5 Å². The van der Waals surface area contributed by atoms with Crippen LogP contribution in [0.5, 0.6) is 0 Å². The van der Waals surface area contributed by atoms with E-state index in [2.05, 4.69) is 5.10 Å². The van der Waals surface area contributed by atoms with Crippen molar-refractivity contribution in [3.8, 4) is 5.69 Å². The molecule has 1 aromatic carbocycles. The highest BCUT2D eigenvalue weighted by molar-refractivity contribution is 7.99. The number of fused-ring (bicyclic) bond motifs is 2. The Balaban J connectivity index is 1.37. The lowest BCUT2D eigenvalue weighted by molar-refractivity contribution is -0.151. The summed E-state index contributed by atoms with van der Waals surface area (Å²) in [7, 11) is 0. The second kappa shape index (κ2) is 9.01. The van der Waals surface area contributed by atoms with Gasteiger partial charge in [0.15, 0.2) is 10.8 Å². The Morgan fingerprint density at radius 3 is 2.85 bits per heavy atom. The van der Waals surface area contributed by atoms with Crippen LogP contribution in [0.25, 0.3) is 16.7 Å². The van der Waals surface area contributed by atoms with Gasteiger partial charge in [-0.15, -0.1) is 0 Å². The Kier molecular flexibility index (Phi) is 5.92. The number of aromatic nitrogens is 4. The number of esters is 1. The molecular weight excluding hydrogens is 442 g/mol. The molecule has 1 amide bonds. The molecule has 1 fully saturated rings. The first-order valence-corrected chi connectivity index (χ1v) is 12.2. The number of piperidine rings is 1. The molecular formula is C23H25N5O4S. The Bertz CT molecular complexity index is 1250. The molecule has 3 aromatic rings. The largest absolute Gasteiger partial charge is 0.466 e. The van der Waals surface area contributed by atoms with Crippen LogP contribution in [0, 0.1) is 5.92 Å². The van der Waals surface area contributed by atoms with E-state index in [-0.39, 0.29) is 35.8 Å². The highest BCUT2D eigenvalue weighted by atomic mass is 32.2. The van der Waals surface area contributed by atoms with Crippen LogP contribution in [0.2, 0.25) is 0 Å². The number of hydrogen-bond donors (Lipinski definition) is 0. The van der Waals surface area contributed by atoms with E-state index in [1.165, 1.54) is 11.8 Å². The first kappa shape index (κ1) is 21.7. The van der Waals surface area contributed by atoms with Crippen LogP contribution in [0.4, 0.5) is 0 Å². The van der Waals surface area contributed by atoms with E-state index in [0.29, 0.717) is 41.6 Å². The quantitative estimate of drug-likeness (QED) is 0.420. The molecule has 10 heteroatoms. The topological polar surface area (TPSA) is 99.3 Å². The number of carbonyl (C=O) groups is 2. The number of carbonyl (C=O) groups excluding carboxylic acids is 2. The van der Waals surface area contributed by atoms with Crippen LogP contribution >= 0.6 is 11.8 Å². The van der Waals surface area contributed by atoms with Crippen molar-refractivity contribution in [3.63, 3.8) is 0 Å². The van der Waals surface area contributed by atoms with Gasteiger partial charge in [-0.3, -0.25) is 19.0 Å². The van der Waals surface area contributed by atoms with E-state index < -0.39 is 0 Å². The number of nitrogens with zero attached hydrogens (tertiary/aromatic N) is 5. The van der Waals surface area contributed by atoms with Gasteiger partial charge in [-0.2, -0.15) is 5.10 Å². The van der Waals surface area contributed by atoms with Gasteiger partial charge in [0.25, 0.3) is 5.56 Å². The first-order valence-electron chi connectivity index (χ1n) is 11.2. The number of likely N-dealkylation sites (tertiary alicyclic amines) is 1. The van der Waals surface area contributed by atoms with E-state index in [9.17, 15) is 14.4 Å². The van der Waals surface area contributed by atoms with Crippen molar-refractivity contribution >= 4 is 34.7 Å². The number of hydrogen-bond acceptors (Lipinski definition) is 7. The number of benzene rings is 1. The summed E-state index contributed by atoms with van der Waals surface area (Å²) in [5.74, 6) is 0.0410. The standard InChI is InChI=1S/C23H25N5O4S/c1-2-32-22(31)15-7-6-10-26(13-15)19(29)11-17-14-33-23-25-20-18(21(30)27(17)23)12-24-28(20)16-8-4-3-5-9-16/h3-5,8-9,12,15,17H,2,6-7,10-11,13-14H2,1H3. The molecule has 0 N–H and O–H groups in total. The molecule has 5 rings (SSSR count). The summed E-state index contributed by atoms with van der Waals surface area (Å²) in [6, 6.07) is 9.29. The molecule has 0 saturated carbocycles. The van der Waals surface area contributed by atoms with Gasteiger partial charge in [-0.1, -0.05) is 30.0 Å². The Hall–Kier alpha value is -3.14. The van der Waals surface area contributed by atoms with Gasteiger partial charge < -0.3 is 9.64 Å². The zero-order chi connectivity index (χ0) is 22.9. The Labute approximate surface area is 194 Å². The fraction of sp³-hybridized carbons (Fsp3) is 0.435. The lowest BCUT2D eigenvalue weighted by Gasteiger charge is -2.32. The molecule has 33 heavy (non-hydrogen) atoms. The summed E-state index contributed by atoms with van der Waals surface area (Å²) in [4.78, 5) is 45.0. The highest BCUT2D eigenvalue weighted by Crippen LogP contribution is 2.34. The normalized spacial score (nSPS) is 20.1. The third kappa shape index (κ3) is 4.03. The van der Waals surface area contributed by atoms with Crippen LogP contribution in [0.1, 0.15) is 32.2 Å². The molecule has 0 radical (unpaired) electrons. The van der Waals surface area contributed by atoms with Gasteiger partial charge >= 0.3 is 5.97 Å². The minimum absolute atomic E-state index is 0.0468. The maximum atomic E-state index is 13.3. The molecule has 9 nitrogen and oxygen atoms in total. The van der Waals surface area contributed by atoms with Gasteiger partial charge in [-0.25, -0.2) is 9.67 Å². The van der Waals surface area contributed by atoms with Gasteiger partial charge in [-0.05, 0) is 31.9 Å². The van der Waals surface area contributed by atoms with Crippen LogP contribution in [-0.4, -0.2) is 61.6 Å². The van der Waals surface area contributed by atoms with Gasteiger partial charge in [0.2, 0.25) is 5.91 Å². The molecule has 2 aromatic heterocycles. The van der Waals surface area contributed by atoms with E-state index in [0.717, 1.165) is 18.5 Å². The van der Waals surface area contributed by atoms with Crippen molar-refractivity contribution in [1.82, 2.24) is 24.2 Å². The molecule has 2 aliphatic heterocycles. The SMILES string of the molecule is CCOC(=O)C1CCCN(C(=O)CC2CSc3nc4c(cnn4-c4ccccc4)c(=O)n32)C1. The van der Waals surface area contributed by atoms with Crippen LogP contribution < -0.4 is 5.56 Å². The molecule has 0 spiro atoms. The first-order chi connectivity index (χ1) is 16.1. The van der Waals surface area contributed by atoms with E-state index >= 15 is 0 Å². The molecule has 4 heterocycles. The fourth-order valence-corrected chi connectivity index (χ4v) is 5.66. The van der Waals surface area contributed by atoms with Crippen molar-refractivity contribution in [1.29, 1.82) is 0 Å². The fourth-order valence-electron chi connectivity index (χ4n) is 4.53. The van der Waals surface area contributed by atoms with Gasteiger partial charge in [0.1, 0.15) is 5.39 Å². The Morgan fingerprint density at radius 1 is 1.24 bits per heavy atom. The minimum atomic E-state index is -0.277. The molecule has 1 saturated heterocycles. The van der Waals surface area contributed by atoms with Gasteiger partial charge in [0, 0.05) is 25.3 Å². The predicted octanol–water partition coefficient (Wildman–Crippen LogP) is 2.42. The average molecular weight is 468 g/mol. The third-order valence-electron chi connectivity index (χ3n) is 6.18. The second-order valence-electron chi connectivity index (χ2n) is 8.30. The van der Waals surface area contributed by atoms with Crippen molar-refractivity contribution in [2.45, 2.75) is 37.4 Å². The zero-order valence-electron chi connectivity index (χ0n) is 18.3. The van der Waals surface area contributed by atoms with Crippen LogP contribution in [-0.2, 0) is 14.3 Å². The van der Waals surface area contributed by atoms with E-state index in [4.69, 9.17) is 9.72 Å². The van der Waals surface area contributed by atoms with Crippen molar-refractivity contribution in [2.75, 3.05) is 25.4 Å². The number of thioether (sulfide) groups is 1. The second-order valence-corrected chi connectivity index (χ2v) is 9.29. The van der Waals surface area contributed by atoms with Crippen molar-refractivity contribution in [3.05, 3.63) is 46.9 Å². The van der Waals surface area contributed by atoms with E-state index in [1.807, 2.05) is 30.3 Å². The smallest absolute Gasteiger partial charge is 0.310 e. The van der Waals surface area contributed by atoms with Crippen molar-refractivity contribution < 1.29 is 14.3 Å². The summed E-state index contributed by atoms with van der Waals surface area (Å²) >= 11 is 1.48. The predicted molar refractivity (Wildman–Crippen MR) is 123 cm³/mol. The summed E-state index contributed by atoms with van der Waals surface area (Å²) in [5, 5.41) is 5.41. The summed E-state index contributed by atoms with van der Waals surface area (Å²) < 4.78 is 8.44. The zero-order valence-corrected chi connectivity index (χ0v) is 19.2. The lowest BCUT2D eigenvalue weighted by Crippen LogP contribution is -2.43. The summed E-state index contributed by atoms with van der Waals surface area (Å²) in [6.07, 6.45) is 3.25. The molecule has 2 unspecified atom stereocenters. The molecule has 172 valence electrons. The monoisotopic (exact) mass is 467 g/mol. The maximum Gasteiger partial charge on any atom is 0.310 e. The number of para-hydroxylation sites is 1. The molecule has 0 bridgehead atoms. The average Bonchev–Trinajstić information content (AvgIpc) is 3.45. The van der Waals surface area contributed by atoms with Gasteiger partial charge in [0.05, 0.1) is 30.5 Å². The Morgan fingerprint density at radius 2 is 2.06 bits per heavy atom. The van der Waals surface area contributed by atoms with E-state index in [1.54, 1.807) is 27.3 Å². The minimum Gasteiger partial charge on any atom is -0.466 e. The highest BCUT2D eigenvalue weighted by Gasteiger charge is 2.34. The molecule has 2 aliphatic rings. The maximum absolute atomic E-state index is 13.3. The third-order valence-corrected chi connectivity index (χ3v) is 7.27. The number of ether oxygens (including phenoxy) is 1. The molecule has 0 aliphatic carbocycles. The molecule has 2 atom stereocenters. The lowest BCUT2D eigenvalue weighted by atomic mass is 9.97. The van der Waals surface area contributed by atoms with Crippen LogP contribution in [0.3, 0.4) is 0 Å². The number of rotatable bonds is 5.